The molecule has 2 amide bonds. The van der Waals surface area contributed by atoms with Crippen molar-refractivity contribution in [3.05, 3.63) is 24.3 Å². The molecule has 2 aliphatic rings. The van der Waals surface area contributed by atoms with Gasteiger partial charge in [0.2, 0.25) is 11.8 Å². The standard InChI is InChI=1S/C23H33N3O6/c1-16(2)14-32-22(28)12-20-23(29)24-8-9-26(20)13-21(27)25-17-5-3-6-18(11-17)31-15-19-7-4-10-30-19/h3,5-6,11,16,19-20H,4,7-10,12-15H2,1-2H3,(H,24,29)(H,25,27). The largest absolute Gasteiger partial charge is 0.491 e. The molecule has 1 aromatic carbocycles. The number of rotatable bonds is 10. The van der Waals surface area contributed by atoms with Crippen molar-refractivity contribution < 1.29 is 28.6 Å². The Morgan fingerprint density at radius 2 is 2.19 bits per heavy atom. The van der Waals surface area contributed by atoms with Gasteiger partial charge in [0.1, 0.15) is 18.4 Å². The van der Waals surface area contributed by atoms with E-state index < -0.39 is 12.0 Å². The Kier molecular flexibility index (Phi) is 8.87. The van der Waals surface area contributed by atoms with E-state index >= 15 is 0 Å². The number of hydrogen-bond acceptors (Lipinski definition) is 7. The molecule has 2 fully saturated rings. The normalized spacial score (nSPS) is 21.3. The predicted molar refractivity (Wildman–Crippen MR) is 118 cm³/mol. The molecule has 0 bridgehead atoms. The number of ether oxygens (including phenoxy) is 3. The van der Waals surface area contributed by atoms with E-state index in [1.807, 2.05) is 26.0 Å². The van der Waals surface area contributed by atoms with Gasteiger partial charge in [-0.2, -0.15) is 0 Å². The van der Waals surface area contributed by atoms with Crippen molar-refractivity contribution in [1.29, 1.82) is 0 Å². The molecule has 9 heteroatoms. The van der Waals surface area contributed by atoms with Crippen LogP contribution < -0.4 is 15.4 Å². The molecular formula is C23H33N3O6. The Morgan fingerprint density at radius 3 is 2.94 bits per heavy atom. The van der Waals surface area contributed by atoms with E-state index in [-0.39, 0.29) is 36.8 Å². The van der Waals surface area contributed by atoms with E-state index in [4.69, 9.17) is 14.2 Å². The van der Waals surface area contributed by atoms with Gasteiger partial charge in [-0.25, -0.2) is 0 Å². The SMILES string of the molecule is CC(C)COC(=O)CC1C(=O)NCCN1CC(=O)Nc1cccc(OCC2CCCO2)c1. The Morgan fingerprint density at radius 1 is 1.34 bits per heavy atom. The van der Waals surface area contributed by atoms with Gasteiger partial charge in [-0.05, 0) is 30.9 Å². The minimum Gasteiger partial charge on any atom is -0.491 e. The van der Waals surface area contributed by atoms with Crippen molar-refractivity contribution in [2.45, 2.75) is 45.3 Å². The Bertz CT molecular complexity index is 794. The third-order valence-electron chi connectivity index (χ3n) is 5.30. The molecule has 9 nitrogen and oxygen atoms in total. The first-order chi connectivity index (χ1) is 15.4. The van der Waals surface area contributed by atoms with Crippen LogP contribution in [0.15, 0.2) is 24.3 Å². The monoisotopic (exact) mass is 447 g/mol. The van der Waals surface area contributed by atoms with Crippen LogP contribution in [0.5, 0.6) is 5.75 Å². The van der Waals surface area contributed by atoms with Crippen LogP contribution in [0.1, 0.15) is 33.1 Å². The molecule has 2 N–H and O–H groups in total. The summed E-state index contributed by atoms with van der Waals surface area (Å²) in [5, 5.41) is 5.60. The molecule has 2 aliphatic heterocycles. The quantitative estimate of drug-likeness (QED) is 0.525. The van der Waals surface area contributed by atoms with Crippen LogP contribution >= 0.6 is 0 Å². The highest BCUT2D eigenvalue weighted by Gasteiger charge is 2.33. The molecule has 3 rings (SSSR count). The lowest BCUT2D eigenvalue weighted by atomic mass is 10.1. The van der Waals surface area contributed by atoms with Crippen molar-refractivity contribution in [1.82, 2.24) is 10.2 Å². The minimum absolute atomic E-state index is 0.00343. The van der Waals surface area contributed by atoms with Gasteiger partial charge in [-0.15, -0.1) is 0 Å². The predicted octanol–water partition coefficient (Wildman–Crippen LogP) is 1.57. The lowest BCUT2D eigenvalue weighted by Gasteiger charge is -2.33. The zero-order valence-corrected chi connectivity index (χ0v) is 18.8. The molecule has 0 aromatic heterocycles. The first kappa shape index (κ1) is 24.0. The van der Waals surface area contributed by atoms with Crippen molar-refractivity contribution in [3.63, 3.8) is 0 Å². The first-order valence-electron chi connectivity index (χ1n) is 11.2. The van der Waals surface area contributed by atoms with Crippen LogP contribution in [0.2, 0.25) is 0 Å². The van der Waals surface area contributed by atoms with Crippen molar-refractivity contribution in [3.8, 4) is 5.75 Å². The average molecular weight is 448 g/mol. The summed E-state index contributed by atoms with van der Waals surface area (Å²) in [6, 6.07) is 6.45. The van der Waals surface area contributed by atoms with Crippen LogP contribution in [0.3, 0.4) is 0 Å². The maximum Gasteiger partial charge on any atom is 0.307 e. The number of esters is 1. The second kappa shape index (κ2) is 11.8. The summed E-state index contributed by atoms with van der Waals surface area (Å²) in [5.41, 5.74) is 0.606. The van der Waals surface area contributed by atoms with Crippen LogP contribution in [-0.4, -0.2) is 74.3 Å². The summed E-state index contributed by atoms with van der Waals surface area (Å²) in [7, 11) is 0. The molecule has 0 radical (unpaired) electrons. The summed E-state index contributed by atoms with van der Waals surface area (Å²) < 4.78 is 16.6. The van der Waals surface area contributed by atoms with Gasteiger partial charge < -0.3 is 24.8 Å². The second-order valence-corrected chi connectivity index (χ2v) is 8.58. The fourth-order valence-corrected chi connectivity index (χ4v) is 3.66. The Labute approximate surface area is 188 Å². The van der Waals surface area contributed by atoms with Crippen molar-refractivity contribution >= 4 is 23.5 Å². The molecule has 1 aromatic rings. The number of carbonyl (C=O) groups is 3. The number of benzene rings is 1. The maximum absolute atomic E-state index is 12.7. The van der Waals surface area contributed by atoms with Gasteiger partial charge in [0.15, 0.2) is 0 Å². The van der Waals surface area contributed by atoms with Gasteiger partial charge in [0.25, 0.3) is 0 Å². The Hall–Kier alpha value is -2.65. The molecule has 2 atom stereocenters. The molecule has 0 saturated carbocycles. The lowest BCUT2D eigenvalue weighted by molar-refractivity contribution is -0.149. The average Bonchev–Trinajstić information content (AvgIpc) is 3.27. The molecule has 2 saturated heterocycles. The van der Waals surface area contributed by atoms with E-state index in [0.717, 1.165) is 19.4 Å². The lowest BCUT2D eigenvalue weighted by Crippen LogP contribution is -2.57. The molecule has 0 spiro atoms. The highest BCUT2D eigenvalue weighted by atomic mass is 16.5. The van der Waals surface area contributed by atoms with Crippen LogP contribution in [0, 0.1) is 5.92 Å². The van der Waals surface area contributed by atoms with Crippen LogP contribution in [0.4, 0.5) is 5.69 Å². The zero-order valence-electron chi connectivity index (χ0n) is 18.8. The fraction of sp³-hybridized carbons (Fsp3) is 0.609. The molecule has 32 heavy (non-hydrogen) atoms. The van der Waals surface area contributed by atoms with Crippen LogP contribution in [0.25, 0.3) is 0 Å². The number of amides is 2. The number of piperazine rings is 1. The van der Waals surface area contributed by atoms with E-state index in [0.29, 0.717) is 37.7 Å². The van der Waals surface area contributed by atoms with E-state index in [1.54, 1.807) is 17.0 Å². The van der Waals surface area contributed by atoms with Crippen molar-refractivity contribution in [2.24, 2.45) is 5.92 Å². The minimum atomic E-state index is -0.727. The fourth-order valence-electron chi connectivity index (χ4n) is 3.66. The summed E-state index contributed by atoms with van der Waals surface area (Å²) in [6.07, 6.45) is 2.07. The number of anilines is 1. The second-order valence-electron chi connectivity index (χ2n) is 8.58. The smallest absolute Gasteiger partial charge is 0.307 e. The number of hydrogen-bond donors (Lipinski definition) is 2. The summed E-state index contributed by atoms with van der Waals surface area (Å²) in [4.78, 5) is 38.8. The van der Waals surface area contributed by atoms with Crippen molar-refractivity contribution in [2.75, 3.05) is 44.8 Å². The Balaban J connectivity index is 1.52. The summed E-state index contributed by atoms with van der Waals surface area (Å²) >= 11 is 0. The van der Waals surface area contributed by atoms with Gasteiger partial charge >= 0.3 is 5.97 Å². The summed E-state index contributed by atoms with van der Waals surface area (Å²) in [5.74, 6) is -0.110. The number of carbonyl (C=O) groups excluding carboxylic acids is 3. The maximum atomic E-state index is 12.7. The number of nitrogens with zero attached hydrogens (tertiary/aromatic N) is 1. The zero-order chi connectivity index (χ0) is 22.9. The third-order valence-corrected chi connectivity index (χ3v) is 5.30. The topological polar surface area (TPSA) is 106 Å². The van der Waals surface area contributed by atoms with Crippen LogP contribution in [-0.2, 0) is 23.9 Å². The molecule has 176 valence electrons. The highest BCUT2D eigenvalue weighted by molar-refractivity contribution is 5.93. The highest BCUT2D eigenvalue weighted by Crippen LogP contribution is 2.20. The number of nitrogens with one attached hydrogen (secondary N) is 2. The van der Waals surface area contributed by atoms with E-state index in [1.165, 1.54) is 0 Å². The molecule has 2 heterocycles. The molecule has 2 unspecified atom stereocenters. The van der Waals surface area contributed by atoms with E-state index in [9.17, 15) is 14.4 Å². The van der Waals surface area contributed by atoms with Gasteiger partial charge in [0.05, 0.1) is 25.7 Å². The van der Waals surface area contributed by atoms with Gasteiger partial charge in [-0.1, -0.05) is 19.9 Å². The van der Waals surface area contributed by atoms with Gasteiger partial charge in [-0.3, -0.25) is 19.3 Å². The summed E-state index contributed by atoms with van der Waals surface area (Å²) in [6.45, 7) is 6.35. The third kappa shape index (κ3) is 7.49. The molecular weight excluding hydrogens is 414 g/mol. The van der Waals surface area contributed by atoms with E-state index in [2.05, 4.69) is 10.6 Å². The first-order valence-corrected chi connectivity index (χ1v) is 11.2. The molecule has 0 aliphatic carbocycles. The van der Waals surface area contributed by atoms with Gasteiger partial charge in [0, 0.05) is 31.5 Å².